The molecule has 0 unspecified atom stereocenters. The minimum absolute atomic E-state index is 0.0117. The standard InChI is InChI=1S/C19H16N2O4/c1-12-15(18(22)23)16(14-5-3-2-4-6-14)17(19(24)25)21(12)11-13-7-9-20-10-8-13/h2-10H,11H2,1H3,(H,22,23)(H,24,25). The van der Waals surface area contributed by atoms with Gasteiger partial charge in [0.15, 0.2) is 0 Å². The molecule has 2 aromatic heterocycles. The van der Waals surface area contributed by atoms with Crippen molar-refractivity contribution >= 4 is 11.9 Å². The highest BCUT2D eigenvalue weighted by Crippen LogP contribution is 2.33. The number of aromatic carboxylic acids is 2. The molecule has 6 nitrogen and oxygen atoms in total. The molecule has 0 aliphatic carbocycles. The monoisotopic (exact) mass is 336 g/mol. The molecule has 0 amide bonds. The third-order valence-electron chi connectivity index (χ3n) is 4.09. The fourth-order valence-electron chi connectivity index (χ4n) is 2.98. The molecule has 0 saturated carbocycles. The van der Waals surface area contributed by atoms with Crippen LogP contribution in [-0.2, 0) is 6.54 Å². The molecule has 1 aromatic carbocycles. The number of benzene rings is 1. The molecule has 126 valence electrons. The van der Waals surface area contributed by atoms with Crippen LogP contribution in [0.1, 0.15) is 32.1 Å². The number of carboxylic acid groups (broad SMARTS) is 2. The molecule has 0 saturated heterocycles. The van der Waals surface area contributed by atoms with E-state index in [1.165, 1.54) is 4.57 Å². The second-order valence-corrected chi connectivity index (χ2v) is 5.60. The summed E-state index contributed by atoms with van der Waals surface area (Å²) in [6.07, 6.45) is 3.23. The highest BCUT2D eigenvalue weighted by Gasteiger charge is 2.29. The zero-order chi connectivity index (χ0) is 18.0. The van der Waals surface area contributed by atoms with Gasteiger partial charge < -0.3 is 14.8 Å². The number of rotatable bonds is 5. The van der Waals surface area contributed by atoms with E-state index in [1.54, 1.807) is 61.8 Å². The fourth-order valence-corrected chi connectivity index (χ4v) is 2.98. The van der Waals surface area contributed by atoms with E-state index in [1.807, 2.05) is 0 Å². The summed E-state index contributed by atoms with van der Waals surface area (Å²) in [6, 6.07) is 12.3. The van der Waals surface area contributed by atoms with Crippen LogP contribution in [0, 0.1) is 6.92 Å². The maximum Gasteiger partial charge on any atom is 0.353 e. The molecule has 0 atom stereocenters. The van der Waals surface area contributed by atoms with E-state index >= 15 is 0 Å². The normalized spacial score (nSPS) is 10.6. The summed E-state index contributed by atoms with van der Waals surface area (Å²) in [6.45, 7) is 1.88. The van der Waals surface area contributed by atoms with Crippen LogP contribution in [0.2, 0.25) is 0 Å². The van der Waals surface area contributed by atoms with Crippen molar-refractivity contribution in [2.24, 2.45) is 0 Å². The Morgan fingerprint density at radius 3 is 2.20 bits per heavy atom. The molecule has 0 aliphatic rings. The molecule has 3 aromatic rings. The summed E-state index contributed by atoms with van der Waals surface area (Å²) >= 11 is 0. The minimum atomic E-state index is -1.16. The predicted molar refractivity (Wildman–Crippen MR) is 91.9 cm³/mol. The van der Waals surface area contributed by atoms with E-state index in [0.717, 1.165) is 5.56 Å². The number of nitrogens with zero attached hydrogens (tertiary/aromatic N) is 2. The van der Waals surface area contributed by atoms with E-state index in [-0.39, 0.29) is 23.4 Å². The highest BCUT2D eigenvalue weighted by molar-refractivity contribution is 6.05. The van der Waals surface area contributed by atoms with E-state index in [4.69, 9.17) is 0 Å². The van der Waals surface area contributed by atoms with E-state index in [9.17, 15) is 19.8 Å². The van der Waals surface area contributed by atoms with Crippen molar-refractivity contribution in [3.05, 3.63) is 77.4 Å². The number of aromatic nitrogens is 2. The lowest BCUT2D eigenvalue weighted by molar-refractivity contribution is 0.0682. The van der Waals surface area contributed by atoms with Gasteiger partial charge in [-0.2, -0.15) is 0 Å². The number of hydrogen-bond acceptors (Lipinski definition) is 3. The van der Waals surface area contributed by atoms with Gasteiger partial charge in [-0.15, -0.1) is 0 Å². The van der Waals surface area contributed by atoms with Gasteiger partial charge in [-0.05, 0) is 30.2 Å². The van der Waals surface area contributed by atoms with Crippen LogP contribution in [0.25, 0.3) is 11.1 Å². The Hall–Kier alpha value is -3.41. The summed E-state index contributed by atoms with van der Waals surface area (Å²) in [5.41, 5.74) is 2.02. The zero-order valence-electron chi connectivity index (χ0n) is 13.5. The molecular weight excluding hydrogens is 320 g/mol. The van der Waals surface area contributed by atoms with Gasteiger partial charge in [0, 0.05) is 30.2 Å². The van der Waals surface area contributed by atoms with E-state index < -0.39 is 11.9 Å². The maximum atomic E-state index is 12.0. The summed E-state index contributed by atoms with van der Waals surface area (Å²) in [4.78, 5) is 27.8. The number of carboxylic acids is 2. The molecule has 2 N–H and O–H groups in total. The van der Waals surface area contributed by atoms with Crippen LogP contribution in [0.4, 0.5) is 0 Å². The van der Waals surface area contributed by atoms with Crippen molar-refractivity contribution in [2.75, 3.05) is 0 Å². The van der Waals surface area contributed by atoms with Crippen molar-refractivity contribution in [2.45, 2.75) is 13.5 Å². The molecule has 25 heavy (non-hydrogen) atoms. The second kappa shape index (κ2) is 6.60. The van der Waals surface area contributed by atoms with Gasteiger partial charge in [-0.1, -0.05) is 30.3 Å². The zero-order valence-corrected chi connectivity index (χ0v) is 13.5. The topological polar surface area (TPSA) is 92.4 Å². The van der Waals surface area contributed by atoms with Crippen LogP contribution in [0.5, 0.6) is 0 Å². The Morgan fingerprint density at radius 2 is 1.64 bits per heavy atom. The Labute approximate surface area is 144 Å². The molecule has 3 rings (SSSR count). The summed E-state index contributed by atoms with van der Waals surface area (Å²) in [5.74, 6) is -2.31. The summed E-state index contributed by atoms with van der Waals surface area (Å²) in [7, 11) is 0. The lowest BCUT2D eigenvalue weighted by atomic mass is 10.0. The van der Waals surface area contributed by atoms with Crippen LogP contribution >= 0.6 is 0 Å². The molecule has 2 heterocycles. The van der Waals surface area contributed by atoms with E-state index in [0.29, 0.717) is 11.3 Å². The van der Waals surface area contributed by atoms with Gasteiger partial charge in [0.2, 0.25) is 0 Å². The average Bonchev–Trinajstić information content (AvgIpc) is 2.89. The minimum Gasteiger partial charge on any atom is -0.478 e. The summed E-state index contributed by atoms with van der Waals surface area (Å²) < 4.78 is 1.53. The highest BCUT2D eigenvalue weighted by atomic mass is 16.4. The van der Waals surface area contributed by atoms with Crippen LogP contribution in [0.15, 0.2) is 54.9 Å². The quantitative estimate of drug-likeness (QED) is 0.746. The Kier molecular flexibility index (Phi) is 4.35. The fraction of sp³-hybridized carbons (Fsp3) is 0.105. The molecule has 0 bridgehead atoms. The van der Waals surface area contributed by atoms with Crippen molar-refractivity contribution in [1.29, 1.82) is 0 Å². The van der Waals surface area contributed by atoms with Crippen molar-refractivity contribution in [3.63, 3.8) is 0 Å². The van der Waals surface area contributed by atoms with E-state index in [2.05, 4.69) is 4.98 Å². The first-order chi connectivity index (χ1) is 12.0. The summed E-state index contributed by atoms with van der Waals surface area (Å²) in [5, 5.41) is 19.5. The molecule has 0 aliphatic heterocycles. The first kappa shape index (κ1) is 16.4. The lowest BCUT2D eigenvalue weighted by Crippen LogP contribution is -2.12. The Balaban J connectivity index is 2.29. The SMILES string of the molecule is Cc1c(C(=O)O)c(-c2ccccc2)c(C(=O)O)n1Cc1ccncc1. The van der Waals surface area contributed by atoms with Gasteiger partial charge in [0.05, 0.1) is 5.56 Å². The van der Waals surface area contributed by atoms with Crippen molar-refractivity contribution in [1.82, 2.24) is 9.55 Å². The first-order valence-corrected chi connectivity index (χ1v) is 7.64. The van der Waals surface area contributed by atoms with Crippen LogP contribution in [-0.4, -0.2) is 31.7 Å². The maximum absolute atomic E-state index is 12.0. The molecule has 6 heteroatoms. The average molecular weight is 336 g/mol. The molecular formula is C19H16N2O4. The number of pyridine rings is 1. The van der Waals surface area contributed by atoms with Crippen molar-refractivity contribution in [3.8, 4) is 11.1 Å². The van der Waals surface area contributed by atoms with Gasteiger partial charge >= 0.3 is 11.9 Å². The molecule has 0 fully saturated rings. The predicted octanol–water partition coefficient (Wildman–Crippen LogP) is 3.30. The second-order valence-electron chi connectivity index (χ2n) is 5.60. The number of carbonyl (C=O) groups is 2. The first-order valence-electron chi connectivity index (χ1n) is 7.64. The Bertz CT molecular complexity index is 931. The smallest absolute Gasteiger partial charge is 0.353 e. The molecule has 0 radical (unpaired) electrons. The third-order valence-corrected chi connectivity index (χ3v) is 4.09. The van der Waals surface area contributed by atoms with Crippen LogP contribution < -0.4 is 0 Å². The van der Waals surface area contributed by atoms with Crippen LogP contribution in [0.3, 0.4) is 0 Å². The van der Waals surface area contributed by atoms with Crippen molar-refractivity contribution < 1.29 is 19.8 Å². The number of hydrogen-bond donors (Lipinski definition) is 2. The third kappa shape index (κ3) is 3.01. The lowest BCUT2D eigenvalue weighted by Gasteiger charge is -2.10. The largest absolute Gasteiger partial charge is 0.478 e. The van der Waals surface area contributed by atoms with Gasteiger partial charge in [-0.25, -0.2) is 9.59 Å². The molecule has 0 spiro atoms. The van der Waals surface area contributed by atoms with Gasteiger partial charge in [-0.3, -0.25) is 4.98 Å². The van der Waals surface area contributed by atoms with Gasteiger partial charge in [0.1, 0.15) is 5.69 Å². The Morgan fingerprint density at radius 1 is 1.00 bits per heavy atom. The van der Waals surface area contributed by atoms with Gasteiger partial charge in [0.25, 0.3) is 0 Å².